The number of benzene rings is 2. The molecule has 3 heterocycles. The number of methoxy groups -OCH3 is 1. The summed E-state index contributed by atoms with van der Waals surface area (Å²) in [6.07, 6.45) is 3.08. The zero-order valence-corrected chi connectivity index (χ0v) is 23.2. The third-order valence-electron chi connectivity index (χ3n) is 5.80. The van der Waals surface area contributed by atoms with Gasteiger partial charge in [-0.2, -0.15) is 4.98 Å². The van der Waals surface area contributed by atoms with E-state index in [0.29, 0.717) is 20.7 Å². The van der Waals surface area contributed by atoms with Crippen molar-refractivity contribution in [3.63, 3.8) is 0 Å². The minimum atomic E-state index is -0.404. The first-order valence-corrected chi connectivity index (χ1v) is 13.3. The summed E-state index contributed by atoms with van der Waals surface area (Å²) in [7, 11) is 1.59. The number of hydrogen-bond donors (Lipinski definition) is 0. The molecule has 1 saturated heterocycles. The summed E-state index contributed by atoms with van der Waals surface area (Å²) in [5.74, 6) is 0.670. The molecule has 0 bridgehead atoms. The molecule has 2 aromatic carbocycles. The number of ether oxygens (including phenoxy) is 2. The van der Waals surface area contributed by atoms with E-state index < -0.39 is 5.56 Å². The van der Waals surface area contributed by atoms with Crippen LogP contribution in [0.5, 0.6) is 17.4 Å². The number of aromatic nitrogens is 2. The van der Waals surface area contributed by atoms with Crippen LogP contribution in [-0.4, -0.2) is 31.6 Å². The molecule has 0 unspecified atom stereocenters. The smallest absolute Gasteiger partial charge is 0.269 e. The fourth-order valence-electron chi connectivity index (χ4n) is 3.84. The van der Waals surface area contributed by atoms with Crippen molar-refractivity contribution in [1.82, 2.24) is 14.3 Å². The number of rotatable bonds is 6. The molecule has 1 amide bonds. The largest absolute Gasteiger partial charge is 0.497 e. The first-order chi connectivity index (χ1) is 18.2. The fraction of sp³-hybridized carbons (Fsp3) is 0.111. The lowest BCUT2D eigenvalue weighted by molar-refractivity contribution is -0.122. The molecule has 7 nitrogen and oxygen atoms in total. The van der Waals surface area contributed by atoms with Gasteiger partial charge in [-0.15, -0.1) is 0 Å². The van der Waals surface area contributed by atoms with Crippen LogP contribution < -0.4 is 15.0 Å². The summed E-state index contributed by atoms with van der Waals surface area (Å²) in [4.78, 5) is 33.3. The van der Waals surface area contributed by atoms with E-state index in [1.54, 1.807) is 31.5 Å². The summed E-state index contributed by atoms with van der Waals surface area (Å²) in [5.41, 5.74) is 1.76. The van der Waals surface area contributed by atoms with E-state index in [9.17, 15) is 9.59 Å². The Hall–Kier alpha value is -3.37. The Labute approximate surface area is 237 Å². The van der Waals surface area contributed by atoms with Crippen molar-refractivity contribution in [1.29, 1.82) is 0 Å². The minimum Gasteiger partial charge on any atom is -0.497 e. The highest BCUT2D eigenvalue weighted by Gasteiger charge is 2.33. The molecule has 1 fully saturated rings. The van der Waals surface area contributed by atoms with Crippen LogP contribution in [0.15, 0.2) is 70.5 Å². The molecule has 0 atom stereocenters. The Morgan fingerprint density at radius 2 is 1.87 bits per heavy atom. The lowest BCUT2D eigenvalue weighted by atomic mass is 10.2. The van der Waals surface area contributed by atoms with E-state index >= 15 is 0 Å². The highest BCUT2D eigenvalue weighted by Crippen LogP contribution is 2.36. The Morgan fingerprint density at radius 1 is 1.11 bits per heavy atom. The Kier molecular flexibility index (Phi) is 7.45. The van der Waals surface area contributed by atoms with Crippen LogP contribution in [0.4, 0.5) is 0 Å². The zero-order valence-electron chi connectivity index (χ0n) is 20.1. The number of amides is 1. The molecule has 192 valence electrons. The van der Waals surface area contributed by atoms with Gasteiger partial charge in [0.15, 0.2) is 0 Å². The predicted molar refractivity (Wildman–Crippen MR) is 154 cm³/mol. The van der Waals surface area contributed by atoms with Crippen molar-refractivity contribution in [2.45, 2.75) is 13.5 Å². The first kappa shape index (κ1) is 26.2. The van der Waals surface area contributed by atoms with Crippen LogP contribution in [0.1, 0.15) is 16.7 Å². The Balaban J connectivity index is 1.56. The van der Waals surface area contributed by atoms with E-state index in [1.807, 2.05) is 37.3 Å². The monoisotopic (exact) mass is 583 g/mol. The SMILES string of the molecule is COc1ccc(CN2C(=O)/C(=C\c3c(Oc4ccc(Cl)cc4Cl)nc4c(C)cccn4c3=O)SC2=S)cc1. The number of carbonyl (C=O) groups excluding carboxylic acids is 1. The second-order valence-corrected chi connectivity index (χ2v) is 10.8. The number of halogens is 2. The quantitative estimate of drug-likeness (QED) is 0.189. The normalized spacial score (nSPS) is 14.5. The summed E-state index contributed by atoms with van der Waals surface area (Å²) in [6, 6.07) is 15.7. The van der Waals surface area contributed by atoms with Crippen LogP contribution in [0.3, 0.4) is 0 Å². The maximum atomic E-state index is 13.6. The lowest BCUT2D eigenvalue weighted by Crippen LogP contribution is -2.27. The van der Waals surface area contributed by atoms with E-state index in [1.165, 1.54) is 21.4 Å². The second kappa shape index (κ2) is 10.8. The van der Waals surface area contributed by atoms with E-state index in [4.69, 9.17) is 44.9 Å². The van der Waals surface area contributed by atoms with Gasteiger partial charge in [0, 0.05) is 11.2 Å². The van der Waals surface area contributed by atoms with Gasteiger partial charge in [0.05, 0.1) is 23.6 Å². The summed E-state index contributed by atoms with van der Waals surface area (Å²) < 4.78 is 13.0. The second-order valence-electron chi connectivity index (χ2n) is 8.31. The molecule has 38 heavy (non-hydrogen) atoms. The van der Waals surface area contributed by atoms with Gasteiger partial charge in [0.25, 0.3) is 11.5 Å². The van der Waals surface area contributed by atoms with Crippen LogP contribution in [0.2, 0.25) is 10.0 Å². The van der Waals surface area contributed by atoms with Crippen molar-refractivity contribution < 1.29 is 14.3 Å². The summed E-state index contributed by atoms with van der Waals surface area (Å²) in [6.45, 7) is 2.12. The number of nitrogens with zero attached hydrogens (tertiary/aromatic N) is 3. The molecule has 0 spiro atoms. The molecule has 2 aromatic heterocycles. The number of thiocarbonyl (C=S) groups is 1. The number of thioether (sulfide) groups is 1. The van der Waals surface area contributed by atoms with Gasteiger partial charge in [0.1, 0.15) is 27.0 Å². The van der Waals surface area contributed by atoms with Crippen molar-refractivity contribution in [2.24, 2.45) is 0 Å². The number of hydrogen-bond acceptors (Lipinski definition) is 7. The van der Waals surface area contributed by atoms with Crippen LogP contribution in [-0.2, 0) is 11.3 Å². The zero-order chi connectivity index (χ0) is 27.0. The first-order valence-electron chi connectivity index (χ1n) is 11.3. The summed E-state index contributed by atoms with van der Waals surface area (Å²) >= 11 is 19.0. The van der Waals surface area contributed by atoms with Crippen molar-refractivity contribution in [3.8, 4) is 17.4 Å². The lowest BCUT2D eigenvalue weighted by Gasteiger charge is -2.15. The van der Waals surface area contributed by atoms with Crippen molar-refractivity contribution >= 4 is 69.1 Å². The molecular weight excluding hydrogens is 565 g/mol. The van der Waals surface area contributed by atoms with Crippen LogP contribution >= 0.6 is 47.2 Å². The van der Waals surface area contributed by atoms with Crippen molar-refractivity contribution in [2.75, 3.05) is 7.11 Å². The molecule has 0 N–H and O–H groups in total. The number of aryl methyl sites for hydroxylation is 1. The molecule has 4 aromatic rings. The molecule has 0 radical (unpaired) electrons. The van der Waals surface area contributed by atoms with Gasteiger partial charge in [-0.05, 0) is 60.5 Å². The van der Waals surface area contributed by atoms with E-state index in [0.717, 1.165) is 22.9 Å². The molecular formula is C27H19Cl2N3O4S2. The van der Waals surface area contributed by atoms with Gasteiger partial charge in [-0.25, -0.2) is 0 Å². The Morgan fingerprint density at radius 3 is 2.58 bits per heavy atom. The maximum Gasteiger partial charge on any atom is 0.269 e. The predicted octanol–water partition coefficient (Wildman–Crippen LogP) is 6.51. The third kappa shape index (κ3) is 5.15. The molecule has 0 aliphatic carbocycles. The van der Waals surface area contributed by atoms with Gasteiger partial charge >= 0.3 is 0 Å². The number of pyridine rings is 1. The van der Waals surface area contributed by atoms with Crippen LogP contribution in [0, 0.1) is 6.92 Å². The third-order valence-corrected chi connectivity index (χ3v) is 7.71. The highest BCUT2D eigenvalue weighted by atomic mass is 35.5. The Bertz CT molecular complexity index is 1690. The van der Waals surface area contributed by atoms with Gasteiger partial charge < -0.3 is 9.47 Å². The van der Waals surface area contributed by atoms with E-state index in [-0.39, 0.29) is 39.6 Å². The molecule has 1 aliphatic heterocycles. The number of fused-ring (bicyclic) bond motifs is 1. The van der Waals surface area contributed by atoms with Crippen LogP contribution in [0.25, 0.3) is 11.7 Å². The van der Waals surface area contributed by atoms with Gasteiger partial charge in [-0.1, -0.05) is 65.4 Å². The highest BCUT2D eigenvalue weighted by molar-refractivity contribution is 8.26. The maximum absolute atomic E-state index is 13.6. The van der Waals surface area contributed by atoms with Gasteiger partial charge in [0.2, 0.25) is 5.88 Å². The van der Waals surface area contributed by atoms with E-state index in [2.05, 4.69) is 4.98 Å². The molecule has 1 aliphatic rings. The van der Waals surface area contributed by atoms with Gasteiger partial charge in [-0.3, -0.25) is 18.9 Å². The average molecular weight is 585 g/mol. The minimum absolute atomic E-state index is 0.00828. The molecule has 5 rings (SSSR count). The number of carbonyl (C=O) groups is 1. The summed E-state index contributed by atoms with van der Waals surface area (Å²) in [5, 5.41) is 0.687. The average Bonchev–Trinajstić information content (AvgIpc) is 3.16. The fourth-order valence-corrected chi connectivity index (χ4v) is 5.52. The molecule has 11 heteroatoms. The standard InChI is InChI=1S/C27H19Cl2N3O4S2/c1-15-4-3-11-31-23(15)30-24(36-21-10-7-17(28)12-20(21)29)19(25(31)33)13-22-26(34)32(27(37)38-22)14-16-5-8-18(35-2)9-6-16/h3-13H,14H2,1-2H3/b22-13+. The van der Waals surface area contributed by atoms with Crippen molar-refractivity contribution in [3.05, 3.63) is 103 Å². The molecule has 0 saturated carbocycles. The topological polar surface area (TPSA) is 73.1 Å².